The average Bonchev–Trinajstić information content (AvgIpc) is 2.67. The molecule has 20 heavy (non-hydrogen) atoms. The van der Waals surface area contributed by atoms with Crippen molar-refractivity contribution in [1.29, 1.82) is 0 Å². The predicted octanol–water partition coefficient (Wildman–Crippen LogP) is -0.140. The summed E-state index contributed by atoms with van der Waals surface area (Å²) in [5, 5.41) is 4.32. The van der Waals surface area contributed by atoms with Gasteiger partial charge < -0.3 is 15.4 Å². The van der Waals surface area contributed by atoms with Gasteiger partial charge in [-0.05, 0) is 20.8 Å². The third-order valence-electron chi connectivity index (χ3n) is 3.33. The van der Waals surface area contributed by atoms with E-state index in [0.29, 0.717) is 32.7 Å². The van der Waals surface area contributed by atoms with Crippen LogP contribution < -0.4 is 5.73 Å². The van der Waals surface area contributed by atoms with E-state index in [2.05, 4.69) is 10.1 Å². The van der Waals surface area contributed by atoms with E-state index in [1.807, 2.05) is 30.4 Å². The van der Waals surface area contributed by atoms with Crippen molar-refractivity contribution in [2.45, 2.75) is 45.9 Å². The molecule has 1 aromatic heterocycles. The topological polar surface area (TPSA) is 86.3 Å². The molecule has 0 aliphatic carbocycles. The number of ether oxygens (including phenoxy) is 1. The number of hydrogen-bond acceptors (Lipinski definition) is 5. The Kier molecular flexibility index (Phi) is 4.72. The van der Waals surface area contributed by atoms with E-state index < -0.39 is 0 Å². The Morgan fingerprint density at radius 1 is 1.55 bits per heavy atom. The smallest absolute Gasteiger partial charge is 0.224 e. The lowest BCUT2D eigenvalue weighted by molar-refractivity contribution is -0.139. The Morgan fingerprint density at radius 2 is 2.30 bits per heavy atom. The molecule has 7 nitrogen and oxygen atoms in total. The van der Waals surface area contributed by atoms with Crippen molar-refractivity contribution in [2.75, 3.05) is 19.7 Å². The molecule has 2 N–H and O–H groups in total. The molecule has 2 heterocycles. The Labute approximate surface area is 119 Å². The highest BCUT2D eigenvalue weighted by atomic mass is 16.5. The van der Waals surface area contributed by atoms with Crippen LogP contribution in [0.4, 0.5) is 0 Å². The minimum absolute atomic E-state index is 0.0411. The molecule has 2 atom stereocenters. The highest BCUT2D eigenvalue weighted by Crippen LogP contribution is 2.10. The molecule has 1 saturated heterocycles. The van der Waals surface area contributed by atoms with Gasteiger partial charge in [-0.25, -0.2) is 9.67 Å². The number of carbonyl (C=O) groups is 1. The molecule has 0 aromatic carbocycles. The number of rotatable bonds is 4. The summed E-state index contributed by atoms with van der Waals surface area (Å²) in [7, 11) is 0. The van der Waals surface area contributed by atoms with Gasteiger partial charge >= 0.3 is 0 Å². The number of amides is 1. The fourth-order valence-electron chi connectivity index (χ4n) is 2.39. The molecule has 7 heteroatoms. The van der Waals surface area contributed by atoms with Crippen molar-refractivity contribution in [1.82, 2.24) is 19.7 Å². The number of aromatic nitrogens is 3. The zero-order chi connectivity index (χ0) is 14.7. The first-order chi connectivity index (χ1) is 9.45. The van der Waals surface area contributed by atoms with E-state index in [-0.39, 0.29) is 18.1 Å². The lowest BCUT2D eigenvalue weighted by Crippen LogP contribution is -2.48. The summed E-state index contributed by atoms with van der Waals surface area (Å²) in [4.78, 5) is 18.1. The first-order valence-corrected chi connectivity index (χ1v) is 6.98. The number of carbonyl (C=O) groups excluding carboxylic acids is 1. The zero-order valence-electron chi connectivity index (χ0n) is 12.4. The summed E-state index contributed by atoms with van der Waals surface area (Å²) in [5.41, 5.74) is 5.68. The Hall–Kier alpha value is -1.47. The van der Waals surface area contributed by atoms with Gasteiger partial charge in [0, 0.05) is 25.6 Å². The first-order valence-electron chi connectivity index (χ1n) is 6.98. The molecule has 0 radical (unpaired) electrons. The summed E-state index contributed by atoms with van der Waals surface area (Å²) < 4.78 is 7.55. The summed E-state index contributed by atoms with van der Waals surface area (Å²) >= 11 is 0. The summed E-state index contributed by atoms with van der Waals surface area (Å²) in [6.07, 6.45) is 0.342. The second-order valence-electron chi connectivity index (χ2n) is 5.40. The van der Waals surface area contributed by atoms with Crippen LogP contribution in [0.3, 0.4) is 0 Å². The van der Waals surface area contributed by atoms with Crippen LogP contribution in [-0.4, -0.2) is 57.4 Å². The third kappa shape index (κ3) is 3.77. The molecule has 1 aliphatic heterocycles. The second kappa shape index (κ2) is 6.32. The molecule has 1 amide bonds. The van der Waals surface area contributed by atoms with Gasteiger partial charge in [0.15, 0.2) is 0 Å². The van der Waals surface area contributed by atoms with Gasteiger partial charge in [0.05, 0.1) is 19.3 Å². The molecule has 0 spiro atoms. The maximum atomic E-state index is 12.0. The van der Waals surface area contributed by atoms with Crippen LogP contribution in [-0.2, 0) is 16.1 Å². The molecular weight excluding hydrogens is 258 g/mol. The second-order valence-corrected chi connectivity index (χ2v) is 5.40. The molecule has 1 aromatic rings. The van der Waals surface area contributed by atoms with Crippen LogP contribution >= 0.6 is 0 Å². The van der Waals surface area contributed by atoms with E-state index in [1.54, 1.807) is 0 Å². The van der Waals surface area contributed by atoms with Crippen molar-refractivity contribution in [2.24, 2.45) is 5.73 Å². The maximum absolute atomic E-state index is 12.0. The first kappa shape index (κ1) is 14.9. The quantitative estimate of drug-likeness (QED) is 0.830. The molecule has 112 valence electrons. The van der Waals surface area contributed by atoms with Gasteiger partial charge in [0.2, 0.25) is 5.91 Å². The van der Waals surface area contributed by atoms with Crippen molar-refractivity contribution in [3.05, 3.63) is 11.6 Å². The normalized spacial score (nSPS) is 21.0. The zero-order valence-corrected chi connectivity index (χ0v) is 12.4. The Bertz CT molecular complexity index is 471. The third-order valence-corrected chi connectivity index (χ3v) is 3.33. The molecular formula is C13H23N5O2. The lowest BCUT2D eigenvalue weighted by atomic mass is 10.2. The highest BCUT2D eigenvalue weighted by molar-refractivity contribution is 5.76. The van der Waals surface area contributed by atoms with Crippen LogP contribution in [0.2, 0.25) is 0 Å². The lowest BCUT2D eigenvalue weighted by Gasteiger charge is -2.33. The fraction of sp³-hybridized carbons (Fsp3) is 0.769. The number of hydrogen-bond donors (Lipinski definition) is 1. The van der Waals surface area contributed by atoms with Crippen LogP contribution in [0, 0.1) is 13.8 Å². The van der Waals surface area contributed by atoms with Crippen LogP contribution in [0.15, 0.2) is 0 Å². The van der Waals surface area contributed by atoms with E-state index >= 15 is 0 Å². The number of morpholine rings is 1. The molecule has 2 unspecified atom stereocenters. The van der Waals surface area contributed by atoms with E-state index in [1.165, 1.54) is 0 Å². The summed E-state index contributed by atoms with van der Waals surface area (Å²) in [6.45, 7) is 8.03. The minimum atomic E-state index is -0.107. The number of nitrogens with zero attached hydrogens (tertiary/aromatic N) is 4. The largest absolute Gasteiger partial charge is 0.373 e. The van der Waals surface area contributed by atoms with Crippen molar-refractivity contribution < 1.29 is 9.53 Å². The van der Waals surface area contributed by atoms with Gasteiger partial charge in [0.1, 0.15) is 11.6 Å². The molecule has 0 saturated carbocycles. The standard InChI is InChI=1S/C13H23N5O2/c1-9(14)6-13(19)17-4-5-20-12(7-17)8-18-11(3)15-10(2)16-18/h9,12H,4-8,14H2,1-3H3. The summed E-state index contributed by atoms with van der Waals surface area (Å²) in [6, 6.07) is -0.107. The van der Waals surface area contributed by atoms with Gasteiger partial charge in [-0.15, -0.1) is 0 Å². The molecule has 1 aliphatic rings. The van der Waals surface area contributed by atoms with Crippen molar-refractivity contribution in [3.63, 3.8) is 0 Å². The van der Waals surface area contributed by atoms with E-state index in [9.17, 15) is 4.79 Å². The van der Waals surface area contributed by atoms with Crippen molar-refractivity contribution in [3.8, 4) is 0 Å². The van der Waals surface area contributed by atoms with Crippen LogP contribution in [0.1, 0.15) is 25.0 Å². The van der Waals surface area contributed by atoms with Gasteiger partial charge in [0.25, 0.3) is 0 Å². The highest BCUT2D eigenvalue weighted by Gasteiger charge is 2.25. The Balaban J connectivity index is 1.93. The predicted molar refractivity (Wildman–Crippen MR) is 74.1 cm³/mol. The number of nitrogens with two attached hydrogens (primary N) is 1. The summed E-state index contributed by atoms with van der Waals surface area (Å²) in [5.74, 6) is 1.72. The number of aryl methyl sites for hydroxylation is 2. The van der Waals surface area contributed by atoms with Crippen molar-refractivity contribution >= 4 is 5.91 Å². The van der Waals surface area contributed by atoms with Gasteiger partial charge in [-0.3, -0.25) is 4.79 Å². The van der Waals surface area contributed by atoms with E-state index in [4.69, 9.17) is 10.5 Å². The minimum Gasteiger partial charge on any atom is -0.373 e. The van der Waals surface area contributed by atoms with Crippen LogP contribution in [0.5, 0.6) is 0 Å². The van der Waals surface area contributed by atoms with Crippen LogP contribution in [0.25, 0.3) is 0 Å². The van der Waals surface area contributed by atoms with Gasteiger partial charge in [-0.2, -0.15) is 5.10 Å². The maximum Gasteiger partial charge on any atom is 0.224 e. The van der Waals surface area contributed by atoms with Gasteiger partial charge in [-0.1, -0.05) is 0 Å². The fourth-order valence-corrected chi connectivity index (χ4v) is 2.39. The molecule has 1 fully saturated rings. The molecule has 2 rings (SSSR count). The average molecular weight is 281 g/mol. The SMILES string of the molecule is Cc1nc(C)n(CC2CN(C(=O)CC(C)N)CCO2)n1. The monoisotopic (exact) mass is 281 g/mol. The van der Waals surface area contributed by atoms with E-state index in [0.717, 1.165) is 11.6 Å². The molecule has 0 bridgehead atoms. The Morgan fingerprint density at radius 3 is 2.90 bits per heavy atom.